The second-order valence-electron chi connectivity index (χ2n) is 3.62. The molecular formula is C11H10N4O5. The number of nitriles is 1. The topological polar surface area (TPSA) is 145 Å². The van der Waals surface area contributed by atoms with E-state index in [-0.39, 0.29) is 23.5 Å². The maximum atomic E-state index is 11.2. The molecule has 0 fully saturated rings. The van der Waals surface area contributed by atoms with E-state index in [1.807, 2.05) is 0 Å². The second kappa shape index (κ2) is 6.69. The summed E-state index contributed by atoms with van der Waals surface area (Å²) in [5.41, 5.74) is -0.180. The molecule has 104 valence electrons. The number of nitrogens with one attached hydrogen (secondary N) is 2. The highest BCUT2D eigenvalue weighted by Crippen LogP contribution is 2.22. The van der Waals surface area contributed by atoms with Gasteiger partial charge in [-0.3, -0.25) is 19.7 Å². The van der Waals surface area contributed by atoms with Gasteiger partial charge in [0.2, 0.25) is 5.91 Å². The molecule has 0 saturated carbocycles. The van der Waals surface area contributed by atoms with Gasteiger partial charge in [0.15, 0.2) is 0 Å². The molecule has 3 N–H and O–H groups in total. The maximum absolute atomic E-state index is 11.2. The summed E-state index contributed by atoms with van der Waals surface area (Å²) < 4.78 is 0. The van der Waals surface area contributed by atoms with Gasteiger partial charge in [0.25, 0.3) is 5.69 Å². The minimum atomic E-state index is -1.17. The summed E-state index contributed by atoms with van der Waals surface area (Å²) in [6.07, 6.45) is 0. The molecule has 1 aromatic rings. The Morgan fingerprint density at radius 2 is 2.10 bits per heavy atom. The van der Waals surface area contributed by atoms with Crippen LogP contribution in [0.5, 0.6) is 0 Å². The van der Waals surface area contributed by atoms with E-state index in [0.29, 0.717) is 0 Å². The average Bonchev–Trinajstić information content (AvgIpc) is 2.42. The molecule has 9 heteroatoms. The Kier molecular flexibility index (Phi) is 4.99. The number of carbonyl (C=O) groups excluding carboxylic acids is 1. The number of nitro groups is 1. The Balaban J connectivity index is 2.68. The number of carboxylic acid groups (broad SMARTS) is 1. The average molecular weight is 278 g/mol. The first-order valence-electron chi connectivity index (χ1n) is 5.35. The SMILES string of the molecule is N#Cc1ccc(NCC(=O)NCC(=O)O)cc1[N+](=O)[O-]. The number of nitrogens with zero attached hydrogens (tertiary/aromatic N) is 2. The molecule has 0 atom stereocenters. The fourth-order valence-electron chi connectivity index (χ4n) is 1.31. The first kappa shape index (κ1) is 14.9. The lowest BCUT2D eigenvalue weighted by molar-refractivity contribution is -0.385. The lowest BCUT2D eigenvalue weighted by Gasteiger charge is -2.06. The lowest BCUT2D eigenvalue weighted by atomic mass is 10.2. The predicted molar refractivity (Wildman–Crippen MR) is 66.9 cm³/mol. The van der Waals surface area contributed by atoms with E-state index in [2.05, 4.69) is 10.6 Å². The van der Waals surface area contributed by atoms with Gasteiger partial charge in [0.05, 0.1) is 11.5 Å². The quantitative estimate of drug-likeness (QED) is 0.493. The van der Waals surface area contributed by atoms with E-state index in [1.165, 1.54) is 12.1 Å². The van der Waals surface area contributed by atoms with Gasteiger partial charge in [0, 0.05) is 11.8 Å². The number of anilines is 1. The molecule has 1 rings (SSSR count). The minimum absolute atomic E-state index is 0.0871. The van der Waals surface area contributed by atoms with Crippen molar-refractivity contribution in [3.8, 4) is 6.07 Å². The van der Waals surface area contributed by atoms with Crippen molar-refractivity contribution in [2.45, 2.75) is 0 Å². The molecule has 0 aliphatic heterocycles. The number of carbonyl (C=O) groups is 2. The summed E-state index contributed by atoms with van der Waals surface area (Å²) in [5.74, 6) is -1.74. The summed E-state index contributed by atoms with van der Waals surface area (Å²) in [7, 11) is 0. The zero-order chi connectivity index (χ0) is 15.1. The molecule has 0 spiro atoms. The Hall–Kier alpha value is -3.15. The van der Waals surface area contributed by atoms with E-state index in [1.54, 1.807) is 6.07 Å². The number of carboxylic acids is 1. The van der Waals surface area contributed by atoms with Crippen molar-refractivity contribution in [2.75, 3.05) is 18.4 Å². The van der Waals surface area contributed by atoms with Gasteiger partial charge in [-0.15, -0.1) is 0 Å². The Morgan fingerprint density at radius 3 is 2.65 bits per heavy atom. The molecule has 0 aliphatic rings. The third-order valence-electron chi connectivity index (χ3n) is 2.20. The minimum Gasteiger partial charge on any atom is -0.480 e. The van der Waals surface area contributed by atoms with Crippen molar-refractivity contribution in [1.82, 2.24) is 5.32 Å². The Labute approximate surface area is 113 Å². The summed E-state index contributed by atoms with van der Waals surface area (Å²) in [4.78, 5) is 31.5. The van der Waals surface area contributed by atoms with Crippen molar-refractivity contribution >= 4 is 23.3 Å². The van der Waals surface area contributed by atoms with E-state index in [0.717, 1.165) is 6.07 Å². The molecule has 1 aromatic carbocycles. The summed E-state index contributed by atoms with van der Waals surface area (Å²) in [5, 5.41) is 32.5. The highest BCUT2D eigenvalue weighted by atomic mass is 16.6. The number of nitro benzene ring substituents is 1. The van der Waals surface area contributed by atoms with Crippen LogP contribution in [0.3, 0.4) is 0 Å². The predicted octanol–water partition coefficient (Wildman–Crippen LogP) is 0.0792. The number of amides is 1. The van der Waals surface area contributed by atoms with Crippen molar-refractivity contribution in [1.29, 1.82) is 5.26 Å². The van der Waals surface area contributed by atoms with Gasteiger partial charge >= 0.3 is 5.97 Å². The maximum Gasteiger partial charge on any atom is 0.322 e. The zero-order valence-corrected chi connectivity index (χ0v) is 10.1. The van der Waals surface area contributed by atoms with Crippen LogP contribution in [0.25, 0.3) is 0 Å². The zero-order valence-electron chi connectivity index (χ0n) is 10.1. The monoisotopic (exact) mass is 278 g/mol. The van der Waals surface area contributed by atoms with Crippen molar-refractivity contribution in [3.63, 3.8) is 0 Å². The van der Waals surface area contributed by atoms with Crippen LogP contribution >= 0.6 is 0 Å². The van der Waals surface area contributed by atoms with Gasteiger partial charge in [-0.1, -0.05) is 0 Å². The lowest BCUT2D eigenvalue weighted by Crippen LogP contribution is -2.33. The summed E-state index contributed by atoms with van der Waals surface area (Å²) in [6.45, 7) is -0.746. The Morgan fingerprint density at radius 1 is 1.40 bits per heavy atom. The fraction of sp³-hybridized carbons (Fsp3) is 0.182. The van der Waals surface area contributed by atoms with Crippen LogP contribution in [0, 0.1) is 21.4 Å². The van der Waals surface area contributed by atoms with E-state index < -0.39 is 23.3 Å². The van der Waals surface area contributed by atoms with Crippen LogP contribution in [0.15, 0.2) is 18.2 Å². The standard InChI is InChI=1S/C11H10N4O5/c12-4-7-1-2-8(3-9(7)15(19)20)13-5-10(16)14-6-11(17)18/h1-3,13H,5-6H2,(H,14,16)(H,17,18). The number of benzene rings is 1. The van der Waals surface area contributed by atoms with Crippen molar-refractivity contribution in [2.24, 2.45) is 0 Å². The van der Waals surface area contributed by atoms with Gasteiger partial charge in [0.1, 0.15) is 18.2 Å². The normalized spacial score (nSPS) is 9.35. The number of rotatable bonds is 6. The number of hydrogen-bond donors (Lipinski definition) is 3. The number of hydrogen-bond acceptors (Lipinski definition) is 6. The van der Waals surface area contributed by atoms with E-state index in [4.69, 9.17) is 10.4 Å². The van der Waals surface area contributed by atoms with Gasteiger partial charge in [-0.25, -0.2) is 0 Å². The van der Waals surface area contributed by atoms with Crippen LogP contribution in [-0.4, -0.2) is 35.0 Å². The summed E-state index contributed by atoms with van der Waals surface area (Å²) in [6, 6.07) is 5.49. The summed E-state index contributed by atoms with van der Waals surface area (Å²) >= 11 is 0. The molecule has 1 amide bonds. The molecule has 0 aliphatic carbocycles. The first-order valence-corrected chi connectivity index (χ1v) is 5.35. The molecule has 0 saturated heterocycles. The van der Waals surface area contributed by atoms with Crippen molar-refractivity contribution < 1.29 is 19.6 Å². The fourth-order valence-corrected chi connectivity index (χ4v) is 1.31. The third-order valence-corrected chi connectivity index (χ3v) is 2.20. The molecule has 0 radical (unpaired) electrons. The molecule has 0 bridgehead atoms. The first-order chi connectivity index (χ1) is 9.43. The molecule has 0 heterocycles. The smallest absolute Gasteiger partial charge is 0.322 e. The van der Waals surface area contributed by atoms with Gasteiger partial charge in [-0.2, -0.15) is 5.26 Å². The highest BCUT2D eigenvalue weighted by molar-refractivity contribution is 5.84. The number of aliphatic carboxylic acids is 1. The highest BCUT2D eigenvalue weighted by Gasteiger charge is 2.14. The van der Waals surface area contributed by atoms with Crippen LogP contribution in [0.2, 0.25) is 0 Å². The van der Waals surface area contributed by atoms with Crippen LogP contribution in [0.1, 0.15) is 5.56 Å². The van der Waals surface area contributed by atoms with E-state index in [9.17, 15) is 19.7 Å². The molecular weight excluding hydrogens is 268 g/mol. The van der Waals surface area contributed by atoms with E-state index >= 15 is 0 Å². The van der Waals surface area contributed by atoms with Crippen LogP contribution in [0.4, 0.5) is 11.4 Å². The van der Waals surface area contributed by atoms with Gasteiger partial charge < -0.3 is 15.7 Å². The third kappa shape index (κ3) is 4.26. The largest absolute Gasteiger partial charge is 0.480 e. The molecule has 0 unspecified atom stereocenters. The second-order valence-corrected chi connectivity index (χ2v) is 3.62. The molecule has 20 heavy (non-hydrogen) atoms. The molecule has 0 aromatic heterocycles. The van der Waals surface area contributed by atoms with Crippen molar-refractivity contribution in [3.05, 3.63) is 33.9 Å². The van der Waals surface area contributed by atoms with Crippen LogP contribution in [-0.2, 0) is 9.59 Å². The van der Waals surface area contributed by atoms with Gasteiger partial charge in [-0.05, 0) is 12.1 Å². The Bertz CT molecular complexity index is 593. The van der Waals surface area contributed by atoms with Crippen LogP contribution < -0.4 is 10.6 Å². The molecule has 9 nitrogen and oxygen atoms in total.